The van der Waals surface area contributed by atoms with Crippen molar-refractivity contribution in [1.82, 2.24) is 9.80 Å². The van der Waals surface area contributed by atoms with Crippen LogP contribution in [0.3, 0.4) is 0 Å². The number of rotatable bonds is 4. The molecule has 1 saturated carbocycles. The summed E-state index contributed by atoms with van der Waals surface area (Å²) in [6, 6.07) is 15.4. The van der Waals surface area contributed by atoms with Crippen molar-refractivity contribution in [3.63, 3.8) is 0 Å². The van der Waals surface area contributed by atoms with Gasteiger partial charge in [-0.1, -0.05) is 49.6 Å². The van der Waals surface area contributed by atoms with Crippen molar-refractivity contribution in [1.29, 1.82) is 0 Å². The van der Waals surface area contributed by atoms with E-state index in [0.717, 1.165) is 42.6 Å². The number of morpholine rings is 1. The molecule has 2 heterocycles. The minimum atomic E-state index is -0.438. The second-order valence-electron chi connectivity index (χ2n) is 9.22. The third-order valence-corrected chi connectivity index (χ3v) is 7.39. The predicted octanol–water partition coefficient (Wildman–Crippen LogP) is 4.17. The number of ether oxygens (including phenoxy) is 2. The van der Waals surface area contributed by atoms with Gasteiger partial charge in [0.25, 0.3) is 5.91 Å². The molecule has 2 aromatic carbocycles. The van der Waals surface area contributed by atoms with Gasteiger partial charge in [0.2, 0.25) is 5.91 Å². The Kier molecular flexibility index (Phi) is 6.36. The average molecular weight is 449 g/mol. The third kappa shape index (κ3) is 4.12. The summed E-state index contributed by atoms with van der Waals surface area (Å²) in [5, 5.41) is 0. The maximum atomic E-state index is 14.1. The fourth-order valence-electron chi connectivity index (χ4n) is 5.71. The van der Waals surface area contributed by atoms with Crippen LogP contribution in [-0.4, -0.2) is 61.1 Å². The number of amides is 2. The molecular formula is C27H32N2O4. The molecule has 1 aliphatic carbocycles. The molecule has 2 aromatic rings. The number of benzene rings is 2. The highest BCUT2D eigenvalue weighted by molar-refractivity contribution is 6.01. The normalized spacial score (nSPS) is 23.8. The number of carbonyl (C=O) groups is 2. The zero-order valence-electron chi connectivity index (χ0n) is 19.2. The summed E-state index contributed by atoms with van der Waals surface area (Å²) >= 11 is 0. The van der Waals surface area contributed by atoms with Crippen LogP contribution in [0.15, 0.2) is 48.5 Å². The largest absolute Gasteiger partial charge is 0.497 e. The Balaban J connectivity index is 1.64. The van der Waals surface area contributed by atoms with Gasteiger partial charge >= 0.3 is 0 Å². The Morgan fingerprint density at radius 3 is 2.36 bits per heavy atom. The summed E-state index contributed by atoms with van der Waals surface area (Å²) in [7, 11) is 1.65. The van der Waals surface area contributed by atoms with Gasteiger partial charge < -0.3 is 19.3 Å². The molecular weight excluding hydrogens is 416 g/mol. The first-order valence-electron chi connectivity index (χ1n) is 12.1. The second kappa shape index (κ2) is 9.56. The van der Waals surface area contributed by atoms with Gasteiger partial charge in [0.05, 0.1) is 32.3 Å². The summed E-state index contributed by atoms with van der Waals surface area (Å²) < 4.78 is 10.9. The second-order valence-corrected chi connectivity index (χ2v) is 9.22. The van der Waals surface area contributed by atoms with E-state index in [1.54, 1.807) is 7.11 Å². The zero-order valence-corrected chi connectivity index (χ0v) is 19.2. The van der Waals surface area contributed by atoms with Crippen molar-refractivity contribution in [3.8, 4) is 5.75 Å². The van der Waals surface area contributed by atoms with Crippen LogP contribution in [0.1, 0.15) is 65.5 Å². The van der Waals surface area contributed by atoms with Crippen LogP contribution in [-0.2, 0) is 9.53 Å². The van der Waals surface area contributed by atoms with E-state index in [9.17, 15) is 9.59 Å². The van der Waals surface area contributed by atoms with Crippen LogP contribution in [0.4, 0.5) is 0 Å². The Hall–Kier alpha value is -2.86. The number of methoxy groups -OCH3 is 1. The lowest BCUT2D eigenvalue weighted by molar-refractivity contribution is -0.139. The molecule has 0 N–H and O–H groups in total. The van der Waals surface area contributed by atoms with Crippen molar-refractivity contribution in [3.05, 3.63) is 65.2 Å². The number of fused-ring (bicyclic) bond motifs is 1. The van der Waals surface area contributed by atoms with Gasteiger partial charge in [-0.05, 0) is 42.2 Å². The van der Waals surface area contributed by atoms with Crippen molar-refractivity contribution in [2.24, 2.45) is 0 Å². The lowest BCUT2D eigenvalue weighted by Gasteiger charge is -2.48. The van der Waals surface area contributed by atoms with Gasteiger partial charge in [0, 0.05) is 24.7 Å². The zero-order chi connectivity index (χ0) is 22.8. The summed E-state index contributed by atoms with van der Waals surface area (Å²) in [5.74, 6) is 0.457. The monoisotopic (exact) mass is 448 g/mol. The highest BCUT2D eigenvalue weighted by Gasteiger charge is 2.47. The number of nitrogens with zero attached hydrogens (tertiary/aromatic N) is 2. The first-order chi connectivity index (χ1) is 16.2. The standard InChI is InChI=1S/C27H32N2O4/c1-32-21-13-11-19(12-14-21)25-24(27(31)28-15-17-33-18-16-28)22-9-5-6-10-23(22)26(30)29(25)20-7-3-2-4-8-20/h5-6,9-14,20,24-25H,2-4,7-8,15-18H2,1H3. The Bertz CT molecular complexity index is 993. The summed E-state index contributed by atoms with van der Waals surface area (Å²) in [6.07, 6.45) is 5.41. The minimum Gasteiger partial charge on any atom is -0.497 e. The third-order valence-electron chi connectivity index (χ3n) is 7.39. The highest BCUT2D eigenvalue weighted by atomic mass is 16.5. The van der Waals surface area contributed by atoms with Crippen molar-refractivity contribution >= 4 is 11.8 Å². The topological polar surface area (TPSA) is 59.1 Å². The Morgan fingerprint density at radius 1 is 0.970 bits per heavy atom. The molecule has 2 aliphatic heterocycles. The number of hydrogen-bond acceptors (Lipinski definition) is 4. The van der Waals surface area contributed by atoms with Gasteiger partial charge in [0.15, 0.2) is 0 Å². The molecule has 0 spiro atoms. The molecule has 6 heteroatoms. The molecule has 3 aliphatic rings. The maximum absolute atomic E-state index is 14.1. The lowest BCUT2D eigenvalue weighted by atomic mass is 9.77. The SMILES string of the molecule is COc1ccc(C2C(C(=O)N3CCOCC3)c3ccccc3C(=O)N2C2CCCCC2)cc1. The van der Waals surface area contributed by atoms with E-state index in [4.69, 9.17) is 9.47 Å². The minimum absolute atomic E-state index is 0.0457. The van der Waals surface area contributed by atoms with E-state index in [0.29, 0.717) is 31.9 Å². The smallest absolute Gasteiger partial charge is 0.254 e. The molecule has 0 bridgehead atoms. The van der Waals surface area contributed by atoms with E-state index in [-0.39, 0.29) is 23.9 Å². The fraction of sp³-hybridized carbons (Fsp3) is 0.481. The van der Waals surface area contributed by atoms with E-state index in [1.807, 2.05) is 58.3 Å². The van der Waals surface area contributed by atoms with Gasteiger partial charge in [0.1, 0.15) is 5.75 Å². The lowest BCUT2D eigenvalue weighted by Crippen LogP contribution is -2.53. The van der Waals surface area contributed by atoms with E-state index < -0.39 is 5.92 Å². The number of hydrogen-bond donors (Lipinski definition) is 0. The quantitative estimate of drug-likeness (QED) is 0.705. The van der Waals surface area contributed by atoms with Crippen molar-refractivity contribution in [2.45, 2.75) is 50.1 Å². The molecule has 2 unspecified atom stereocenters. The van der Waals surface area contributed by atoms with E-state index >= 15 is 0 Å². The molecule has 174 valence electrons. The van der Waals surface area contributed by atoms with Crippen molar-refractivity contribution < 1.29 is 19.1 Å². The van der Waals surface area contributed by atoms with Crippen LogP contribution in [0.5, 0.6) is 5.75 Å². The molecule has 1 saturated heterocycles. The van der Waals surface area contributed by atoms with Crippen LogP contribution >= 0.6 is 0 Å². The Labute approximate surface area is 195 Å². The summed E-state index contributed by atoms with van der Waals surface area (Å²) in [6.45, 7) is 2.28. The molecule has 2 fully saturated rings. The summed E-state index contributed by atoms with van der Waals surface area (Å²) in [5.41, 5.74) is 2.49. The van der Waals surface area contributed by atoms with Gasteiger partial charge in [-0.15, -0.1) is 0 Å². The molecule has 5 rings (SSSR count). The predicted molar refractivity (Wildman–Crippen MR) is 125 cm³/mol. The van der Waals surface area contributed by atoms with Crippen LogP contribution in [0.2, 0.25) is 0 Å². The molecule has 6 nitrogen and oxygen atoms in total. The number of carbonyl (C=O) groups excluding carboxylic acids is 2. The molecule has 2 amide bonds. The first-order valence-corrected chi connectivity index (χ1v) is 12.1. The van der Waals surface area contributed by atoms with Crippen molar-refractivity contribution in [2.75, 3.05) is 33.4 Å². The van der Waals surface area contributed by atoms with Gasteiger partial charge in [-0.25, -0.2) is 0 Å². The highest BCUT2D eigenvalue weighted by Crippen LogP contribution is 2.46. The van der Waals surface area contributed by atoms with E-state index in [2.05, 4.69) is 0 Å². The molecule has 0 radical (unpaired) electrons. The fourth-order valence-corrected chi connectivity index (χ4v) is 5.71. The average Bonchev–Trinajstić information content (AvgIpc) is 2.89. The van der Waals surface area contributed by atoms with Crippen LogP contribution in [0, 0.1) is 0 Å². The van der Waals surface area contributed by atoms with Gasteiger partial charge in [-0.2, -0.15) is 0 Å². The molecule has 2 atom stereocenters. The Morgan fingerprint density at radius 2 is 1.67 bits per heavy atom. The van der Waals surface area contributed by atoms with Crippen LogP contribution < -0.4 is 4.74 Å². The molecule has 0 aromatic heterocycles. The van der Waals surface area contributed by atoms with Crippen LogP contribution in [0.25, 0.3) is 0 Å². The first kappa shape index (κ1) is 22.0. The van der Waals surface area contributed by atoms with Gasteiger partial charge in [-0.3, -0.25) is 9.59 Å². The van der Waals surface area contributed by atoms with E-state index in [1.165, 1.54) is 6.42 Å². The maximum Gasteiger partial charge on any atom is 0.254 e. The summed E-state index contributed by atoms with van der Waals surface area (Å²) in [4.78, 5) is 32.0. The molecule has 33 heavy (non-hydrogen) atoms.